The highest BCUT2D eigenvalue weighted by Crippen LogP contribution is 2.25. The number of oxazole rings is 1. The Morgan fingerprint density at radius 1 is 1.09 bits per heavy atom. The van der Waals surface area contributed by atoms with Gasteiger partial charge in [0, 0.05) is 37.3 Å². The van der Waals surface area contributed by atoms with Gasteiger partial charge >= 0.3 is 0 Å². The second-order valence-electron chi connectivity index (χ2n) is 7.39. The van der Waals surface area contributed by atoms with Crippen LogP contribution in [-0.4, -0.2) is 45.7 Å². The van der Waals surface area contributed by atoms with E-state index in [1.807, 2.05) is 32.0 Å². The van der Waals surface area contributed by atoms with E-state index in [1.165, 1.54) is 12.1 Å². The zero-order chi connectivity index (χ0) is 23.4. The molecular weight excluding hydrogens is 462 g/mol. The summed E-state index contributed by atoms with van der Waals surface area (Å²) < 4.78 is 40.9. The van der Waals surface area contributed by atoms with Crippen LogP contribution in [-0.2, 0) is 14.3 Å². The number of nitrogens with zero attached hydrogens (tertiary/aromatic N) is 3. The summed E-state index contributed by atoms with van der Waals surface area (Å²) in [6.45, 7) is 1.84. The second kappa shape index (κ2) is 9.74. The van der Waals surface area contributed by atoms with Gasteiger partial charge in [0.05, 0.1) is 4.90 Å². The van der Waals surface area contributed by atoms with Crippen LogP contribution in [0.1, 0.15) is 16.3 Å². The summed E-state index contributed by atoms with van der Waals surface area (Å²) in [7, 11) is 0.0748. The number of aryl methyl sites for hydroxylation is 1. The van der Waals surface area contributed by atoms with E-state index >= 15 is 0 Å². The van der Waals surface area contributed by atoms with E-state index in [2.05, 4.69) is 9.97 Å². The fourth-order valence-electron chi connectivity index (χ4n) is 2.87. The smallest absolute Gasteiger partial charge is 0.297 e. The van der Waals surface area contributed by atoms with Crippen molar-refractivity contribution in [1.29, 1.82) is 0 Å². The number of ether oxygens (including phenoxy) is 1. The van der Waals surface area contributed by atoms with Gasteiger partial charge in [0.25, 0.3) is 10.1 Å². The summed E-state index contributed by atoms with van der Waals surface area (Å²) in [5, 5.41) is 0.921. The van der Waals surface area contributed by atoms with Crippen LogP contribution in [0.5, 0.6) is 5.75 Å². The number of anilines is 1. The lowest BCUT2D eigenvalue weighted by Crippen LogP contribution is -2.13. The maximum Gasteiger partial charge on any atom is 0.297 e. The lowest BCUT2D eigenvalue weighted by atomic mass is 10.2. The molecule has 0 fully saturated rings. The van der Waals surface area contributed by atoms with Gasteiger partial charge in [0.15, 0.2) is 10.7 Å². The molecule has 10 heteroatoms. The molecule has 0 unspecified atom stereocenters. The van der Waals surface area contributed by atoms with Gasteiger partial charge in [-0.25, -0.2) is 9.97 Å². The summed E-state index contributed by atoms with van der Waals surface area (Å²) in [6, 6.07) is 11.7. The molecule has 0 aliphatic heterocycles. The fraction of sp³-hybridized carbons (Fsp3) is 0.217. The number of rotatable bonds is 9. The van der Waals surface area contributed by atoms with E-state index in [0.717, 1.165) is 15.6 Å². The molecule has 0 radical (unpaired) electrons. The number of aromatic nitrogens is 2. The SMILES string of the molecule is Cc1ccc(S(=O)(=O)OCCOc2ccc3nc(/C=C/c4cnc(N(C)C)s4)oc3c2)cc1. The summed E-state index contributed by atoms with van der Waals surface area (Å²) in [5.74, 6) is 0.998. The lowest BCUT2D eigenvalue weighted by molar-refractivity contribution is 0.221. The van der Waals surface area contributed by atoms with Gasteiger partial charge in [-0.15, -0.1) is 0 Å². The van der Waals surface area contributed by atoms with Crippen LogP contribution in [0.2, 0.25) is 0 Å². The Morgan fingerprint density at radius 3 is 2.61 bits per heavy atom. The van der Waals surface area contributed by atoms with Crippen LogP contribution in [0.15, 0.2) is 58.0 Å². The van der Waals surface area contributed by atoms with Crippen molar-refractivity contribution in [2.24, 2.45) is 0 Å². The van der Waals surface area contributed by atoms with Crippen LogP contribution in [0, 0.1) is 6.92 Å². The number of hydrogen-bond donors (Lipinski definition) is 0. The van der Waals surface area contributed by atoms with Gasteiger partial charge in [-0.05, 0) is 37.3 Å². The first-order chi connectivity index (χ1) is 15.8. The monoisotopic (exact) mass is 485 g/mol. The summed E-state index contributed by atoms with van der Waals surface area (Å²) >= 11 is 1.57. The summed E-state index contributed by atoms with van der Waals surface area (Å²) in [4.78, 5) is 11.8. The molecular formula is C23H23N3O5S2. The quantitative estimate of drug-likeness (QED) is 0.250. The van der Waals surface area contributed by atoms with Crippen molar-refractivity contribution in [2.75, 3.05) is 32.2 Å². The maximum absolute atomic E-state index is 12.2. The molecule has 0 saturated heterocycles. The Labute approximate surface area is 196 Å². The van der Waals surface area contributed by atoms with Crippen LogP contribution < -0.4 is 9.64 Å². The van der Waals surface area contributed by atoms with Crippen molar-refractivity contribution in [1.82, 2.24) is 9.97 Å². The minimum absolute atomic E-state index is 0.0665. The number of hydrogen-bond acceptors (Lipinski definition) is 9. The molecule has 33 heavy (non-hydrogen) atoms. The van der Waals surface area contributed by atoms with E-state index in [0.29, 0.717) is 22.7 Å². The predicted octanol–water partition coefficient (Wildman–Crippen LogP) is 4.61. The van der Waals surface area contributed by atoms with E-state index in [4.69, 9.17) is 13.3 Å². The fourth-order valence-corrected chi connectivity index (χ4v) is 4.51. The number of benzene rings is 2. The van der Waals surface area contributed by atoms with Crippen LogP contribution in [0.25, 0.3) is 23.3 Å². The van der Waals surface area contributed by atoms with E-state index < -0.39 is 10.1 Å². The van der Waals surface area contributed by atoms with Crippen LogP contribution >= 0.6 is 11.3 Å². The molecule has 2 aromatic heterocycles. The lowest BCUT2D eigenvalue weighted by Gasteiger charge is -2.08. The molecule has 2 heterocycles. The van der Waals surface area contributed by atoms with Gasteiger partial charge in [0.1, 0.15) is 24.5 Å². The minimum atomic E-state index is -3.82. The zero-order valence-electron chi connectivity index (χ0n) is 18.4. The molecule has 0 spiro atoms. The van der Waals surface area contributed by atoms with E-state index in [-0.39, 0.29) is 18.1 Å². The first-order valence-corrected chi connectivity index (χ1v) is 12.3. The average molecular weight is 486 g/mol. The third-order valence-electron chi connectivity index (χ3n) is 4.56. The predicted molar refractivity (Wildman–Crippen MR) is 129 cm³/mol. The normalized spacial score (nSPS) is 12.0. The van der Waals surface area contributed by atoms with Crippen molar-refractivity contribution in [3.05, 3.63) is 65.0 Å². The molecule has 172 valence electrons. The molecule has 0 amide bonds. The Hall–Kier alpha value is -3.21. The third kappa shape index (κ3) is 5.78. The minimum Gasteiger partial charge on any atom is -0.491 e. The van der Waals surface area contributed by atoms with Crippen LogP contribution in [0.4, 0.5) is 5.13 Å². The van der Waals surface area contributed by atoms with Crippen molar-refractivity contribution in [3.63, 3.8) is 0 Å². The third-order valence-corrected chi connectivity index (χ3v) is 7.02. The van der Waals surface area contributed by atoms with Gasteiger partial charge in [-0.2, -0.15) is 8.42 Å². The van der Waals surface area contributed by atoms with Crippen molar-refractivity contribution < 1.29 is 21.8 Å². The van der Waals surface area contributed by atoms with Gasteiger partial charge in [-0.1, -0.05) is 29.0 Å². The highest BCUT2D eigenvalue weighted by atomic mass is 32.2. The topological polar surface area (TPSA) is 94.8 Å². The second-order valence-corrected chi connectivity index (χ2v) is 10.0. The zero-order valence-corrected chi connectivity index (χ0v) is 20.0. The number of thiazole rings is 1. The van der Waals surface area contributed by atoms with Crippen molar-refractivity contribution >= 4 is 49.8 Å². The molecule has 4 rings (SSSR count). The molecule has 0 N–H and O–H groups in total. The van der Waals surface area contributed by atoms with Gasteiger partial charge < -0.3 is 14.1 Å². The summed E-state index contributed by atoms with van der Waals surface area (Å²) in [6.07, 6.45) is 5.49. The standard InChI is InChI=1S/C23H23N3O5S2/c1-16-4-8-19(9-5-16)33(27,28)30-13-12-29-17-6-10-20-21(14-17)31-22(25-20)11-7-18-15-24-23(32-18)26(2)3/h4-11,14-15H,12-13H2,1-3H3/b11-7+. The molecule has 0 bridgehead atoms. The maximum atomic E-state index is 12.2. The van der Waals surface area contributed by atoms with Crippen LogP contribution in [0.3, 0.4) is 0 Å². The summed E-state index contributed by atoms with van der Waals surface area (Å²) in [5.41, 5.74) is 2.23. The Bertz CT molecular complexity index is 1370. The van der Waals surface area contributed by atoms with E-state index in [9.17, 15) is 8.42 Å². The van der Waals surface area contributed by atoms with Gasteiger partial charge in [-0.3, -0.25) is 4.18 Å². The first-order valence-electron chi connectivity index (χ1n) is 10.1. The highest BCUT2D eigenvalue weighted by Gasteiger charge is 2.14. The largest absolute Gasteiger partial charge is 0.491 e. The molecule has 8 nitrogen and oxygen atoms in total. The molecule has 2 aromatic carbocycles. The molecule has 0 atom stereocenters. The Morgan fingerprint density at radius 2 is 1.88 bits per heavy atom. The van der Waals surface area contributed by atoms with Crippen molar-refractivity contribution in [2.45, 2.75) is 11.8 Å². The Balaban J connectivity index is 1.34. The molecule has 0 aliphatic carbocycles. The number of fused-ring (bicyclic) bond motifs is 1. The molecule has 0 aliphatic rings. The Kier molecular flexibility index (Phi) is 6.77. The average Bonchev–Trinajstić information content (AvgIpc) is 3.42. The van der Waals surface area contributed by atoms with Gasteiger partial charge in [0.2, 0.25) is 5.89 Å². The first kappa shape index (κ1) is 23.0. The molecule has 4 aromatic rings. The van der Waals surface area contributed by atoms with E-state index in [1.54, 1.807) is 53.9 Å². The highest BCUT2D eigenvalue weighted by molar-refractivity contribution is 7.86. The van der Waals surface area contributed by atoms with Crippen molar-refractivity contribution in [3.8, 4) is 5.75 Å². The molecule has 0 saturated carbocycles.